The van der Waals surface area contributed by atoms with Crippen molar-refractivity contribution < 1.29 is 9.13 Å². The molecule has 0 saturated carbocycles. The highest BCUT2D eigenvalue weighted by atomic mass is 35.5. The van der Waals surface area contributed by atoms with E-state index in [1.54, 1.807) is 44.2 Å². The van der Waals surface area contributed by atoms with Gasteiger partial charge in [-0.25, -0.2) is 23.5 Å². The van der Waals surface area contributed by atoms with Crippen LogP contribution in [-0.2, 0) is 20.6 Å². The standard InChI is InChI=1S/C26H25ClFN5O4/c1-16(2)37-22-12-11-19(14-20(22)28)29-24-31(4)25(35)33(21-6-5-13-30(3)23(21)34)26(36)32(24)15-17-7-9-18(27)10-8-17/h5-14,16H,15H2,1-4H3. The van der Waals surface area contributed by atoms with Gasteiger partial charge in [0.1, 0.15) is 5.69 Å². The lowest BCUT2D eigenvalue weighted by Crippen LogP contribution is -2.54. The van der Waals surface area contributed by atoms with Crippen molar-refractivity contribution in [1.29, 1.82) is 0 Å². The van der Waals surface area contributed by atoms with Gasteiger partial charge in [-0.3, -0.25) is 13.9 Å². The molecule has 0 amide bonds. The average molecular weight is 526 g/mol. The maximum atomic E-state index is 14.6. The van der Waals surface area contributed by atoms with Gasteiger partial charge in [-0.15, -0.1) is 0 Å². The van der Waals surface area contributed by atoms with Crippen LogP contribution in [-0.4, -0.2) is 24.4 Å². The number of aromatic nitrogens is 4. The summed E-state index contributed by atoms with van der Waals surface area (Å²) in [6, 6.07) is 13.9. The lowest BCUT2D eigenvalue weighted by atomic mass is 10.2. The number of halogens is 2. The van der Waals surface area contributed by atoms with E-state index in [0.29, 0.717) is 10.6 Å². The highest BCUT2D eigenvalue weighted by Gasteiger charge is 2.17. The molecule has 0 fully saturated rings. The van der Waals surface area contributed by atoms with E-state index in [9.17, 15) is 18.8 Å². The third-order valence-electron chi connectivity index (χ3n) is 5.55. The minimum atomic E-state index is -0.778. The minimum Gasteiger partial charge on any atom is -0.488 e. The van der Waals surface area contributed by atoms with Crippen molar-refractivity contribution in [2.75, 3.05) is 0 Å². The van der Waals surface area contributed by atoms with Crippen LogP contribution >= 0.6 is 11.6 Å². The fraction of sp³-hybridized carbons (Fsp3) is 0.231. The molecule has 0 radical (unpaired) electrons. The summed E-state index contributed by atoms with van der Waals surface area (Å²) in [5.41, 5.74) is -1.35. The highest BCUT2D eigenvalue weighted by Crippen LogP contribution is 2.23. The van der Waals surface area contributed by atoms with Crippen LogP contribution in [0.4, 0.5) is 10.1 Å². The molecule has 0 aliphatic heterocycles. The minimum absolute atomic E-state index is 0.00707. The van der Waals surface area contributed by atoms with Crippen LogP contribution in [0.1, 0.15) is 19.4 Å². The smallest absolute Gasteiger partial charge is 0.340 e. The predicted molar refractivity (Wildman–Crippen MR) is 138 cm³/mol. The second-order valence-electron chi connectivity index (χ2n) is 8.67. The van der Waals surface area contributed by atoms with Crippen molar-refractivity contribution in [3.8, 4) is 11.4 Å². The van der Waals surface area contributed by atoms with E-state index < -0.39 is 22.8 Å². The molecule has 0 saturated heterocycles. The first kappa shape index (κ1) is 25.9. The number of rotatable bonds is 6. The second-order valence-corrected chi connectivity index (χ2v) is 9.11. The zero-order valence-corrected chi connectivity index (χ0v) is 21.4. The van der Waals surface area contributed by atoms with Gasteiger partial charge in [0, 0.05) is 31.4 Å². The van der Waals surface area contributed by atoms with E-state index in [2.05, 4.69) is 4.99 Å². The van der Waals surface area contributed by atoms with Crippen LogP contribution in [0.3, 0.4) is 0 Å². The average Bonchev–Trinajstić information content (AvgIpc) is 2.85. The summed E-state index contributed by atoms with van der Waals surface area (Å²) < 4.78 is 24.5. The van der Waals surface area contributed by atoms with Crippen molar-refractivity contribution >= 4 is 17.3 Å². The van der Waals surface area contributed by atoms with Crippen LogP contribution in [0.15, 0.2) is 80.2 Å². The van der Waals surface area contributed by atoms with Gasteiger partial charge in [-0.05, 0) is 55.8 Å². The van der Waals surface area contributed by atoms with Crippen LogP contribution < -0.4 is 27.3 Å². The molecule has 2 aromatic carbocycles. The second kappa shape index (κ2) is 10.4. The lowest BCUT2D eigenvalue weighted by molar-refractivity contribution is 0.231. The highest BCUT2D eigenvalue weighted by molar-refractivity contribution is 6.30. The van der Waals surface area contributed by atoms with E-state index in [-0.39, 0.29) is 35.4 Å². The summed E-state index contributed by atoms with van der Waals surface area (Å²) in [6.45, 7) is 3.57. The molecule has 4 aromatic rings. The SMILES string of the molecule is CC(C)Oc1ccc(N=c2n(C)c(=O)n(-c3cccn(C)c3=O)c(=O)n2Cc2ccc(Cl)cc2)cc1F. The molecule has 4 rings (SSSR count). The maximum Gasteiger partial charge on any atom is 0.340 e. The summed E-state index contributed by atoms with van der Waals surface area (Å²) in [7, 11) is 2.95. The Hall–Kier alpha value is -4.18. The summed E-state index contributed by atoms with van der Waals surface area (Å²) >= 11 is 6.01. The number of aryl methyl sites for hydroxylation is 1. The molecule has 0 aliphatic carbocycles. The molecule has 0 atom stereocenters. The van der Waals surface area contributed by atoms with Crippen LogP contribution in [0.5, 0.6) is 5.75 Å². The third kappa shape index (κ3) is 5.34. The Labute approximate surface area is 215 Å². The largest absolute Gasteiger partial charge is 0.488 e. The zero-order chi connectivity index (χ0) is 26.9. The van der Waals surface area contributed by atoms with Gasteiger partial charge in [0.05, 0.1) is 18.3 Å². The van der Waals surface area contributed by atoms with Gasteiger partial charge < -0.3 is 9.30 Å². The quantitative estimate of drug-likeness (QED) is 0.387. The number of pyridine rings is 1. The first-order valence-electron chi connectivity index (χ1n) is 11.4. The lowest BCUT2D eigenvalue weighted by Gasteiger charge is -2.15. The Morgan fingerprint density at radius 1 is 1.00 bits per heavy atom. The Morgan fingerprint density at radius 3 is 2.35 bits per heavy atom. The van der Waals surface area contributed by atoms with Crippen molar-refractivity contribution in [2.45, 2.75) is 26.5 Å². The van der Waals surface area contributed by atoms with Crippen LogP contribution in [0.2, 0.25) is 5.02 Å². The molecule has 11 heteroatoms. The number of ether oxygens (including phenoxy) is 1. The van der Waals surface area contributed by atoms with E-state index in [1.807, 2.05) is 0 Å². The monoisotopic (exact) mass is 525 g/mol. The molecular formula is C26H25ClFN5O4. The Balaban J connectivity index is 2.00. The molecule has 2 heterocycles. The van der Waals surface area contributed by atoms with E-state index >= 15 is 0 Å². The maximum absolute atomic E-state index is 14.6. The van der Waals surface area contributed by atoms with Crippen LogP contribution in [0, 0.1) is 5.82 Å². The van der Waals surface area contributed by atoms with E-state index in [1.165, 1.54) is 47.6 Å². The molecule has 0 aliphatic rings. The number of hydrogen-bond acceptors (Lipinski definition) is 5. The fourth-order valence-corrected chi connectivity index (χ4v) is 3.86. The van der Waals surface area contributed by atoms with Crippen molar-refractivity contribution in [1.82, 2.24) is 18.3 Å². The summed E-state index contributed by atoms with van der Waals surface area (Å²) in [5.74, 6) is -0.572. The molecule has 0 bridgehead atoms. The Kier molecular flexibility index (Phi) is 7.30. The van der Waals surface area contributed by atoms with Gasteiger partial charge in [-0.1, -0.05) is 23.7 Å². The molecule has 192 valence electrons. The number of benzene rings is 2. The summed E-state index contributed by atoms with van der Waals surface area (Å²) in [5, 5.41) is 0.517. The molecule has 0 N–H and O–H groups in total. The first-order chi connectivity index (χ1) is 17.6. The number of hydrogen-bond donors (Lipinski definition) is 0. The molecular weight excluding hydrogens is 501 g/mol. The molecule has 2 aromatic heterocycles. The van der Waals surface area contributed by atoms with E-state index in [0.717, 1.165) is 15.2 Å². The molecule has 37 heavy (non-hydrogen) atoms. The number of nitrogens with zero attached hydrogens (tertiary/aromatic N) is 5. The van der Waals surface area contributed by atoms with Gasteiger partial charge in [0.2, 0.25) is 5.62 Å². The Bertz CT molecular complexity index is 1720. The van der Waals surface area contributed by atoms with Gasteiger partial charge >= 0.3 is 11.4 Å². The van der Waals surface area contributed by atoms with Crippen molar-refractivity contribution in [2.24, 2.45) is 19.1 Å². The van der Waals surface area contributed by atoms with Crippen LogP contribution in [0.25, 0.3) is 5.69 Å². The molecule has 0 spiro atoms. The summed E-state index contributed by atoms with van der Waals surface area (Å²) in [6.07, 6.45) is 1.30. The molecule has 0 unspecified atom stereocenters. The third-order valence-corrected chi connectivity index (χ3v) is 5.80. The van der Waals surface area contributed by atoms with Gasteiger partial charge in [0.25, 0.3) is 5.56 Å². The van der Waals surface area contributed by atoms with Crippen molar-refractivity contribution in [3.63, 3.8) is 0 Å². The van der Waals surface area contributed by atoms with Gasteiger partial charge in [0.15, 0.2) is 11.6 Å². The first-order valence-corrected chi connectivity index (χ1v) is 11.8. The topological polar surface area (TPSA) is 92.5 Å². The fourth-order valence-electron chi connectivity index (χ4n) is 3.73. The van der Waals surface area contributed by atoms with Crippen molar-refractivity contribution in [3.05, 3.63) is 114 Å². The normalized spacial score (nSPS) is 11.8. The van der Waals surface area contributed by atoms with E-state index in [4.69, 9.17) is 16.3 Å². The zero-order valence-electron chi connectivity index (χ0n) is 20.7. The summed E-state index contributed by atoms with van der Waals surface area (Å²) in [4.78, 5) is 44.3. The Morgan fingerprint density at radius 2 is 1.70 bits per heavy atom. The van der Waals surface area contributed by atoms with Gasteiger partial charge in [-0.2, -0.15) is 0 Å². The predicted octanol–water partition coefficient (Wildman–Crippen LogP) is 2.90. The molecule has 9 nitrogen and oxygen atoms in total.